The average Bonchev–Trinajstić information content (AvgIpc) is 2.83. The molecular formula is C24H19BrClN5O2. The molecule has 2 N–H and O–H groups in total. The molecule has 9 heteroatoms. The molecule has 0 aliphatic heterocycles. The van der Waals surface area contributed by atoms with E-state index < -0.39 is 0 Å². The Bertz CT molecular complexity index is 1300. The number of hydrogen-bond donors (Lipinski definition) is 2. The molecule has 2 aromatic carbocycles. The van der Waals surface area contributed by atoms with E-state index in [-0.39, 0.29) is 5.91 Å². The highest BCUT2D eigenvalue weighted by Gasteiger charge is 2.09. The number of hydrogen-bond acceptors (Lipinski definition) is 6. The Morgan fingerprint density at radius 3 is 2.73 bits per heavy atom. The molecule has 1 amide bonds. The second-order valence-electron chi connectivity index (χ2n) is 6.88. The number of benzene rings is 2. The van der Waals surface area contributed by atoms with Crippen LogP contribution in [0.15, 0.2) is 79.3 Å². The minimum atomic E-state index is -0.215. The van der Waals surface area contributed by atoms with Gasteiger partial charge in [0.25, 0.3) is 0 Å². The lowest BCUT2D eigenvalue weighted by atomic mass is 10.2. The number of aromatic nitrogens is 3. The molecule has 0 bridgehead atoms. The van der Waals surface area contributed by atoms with Crippen molar-refractivity contribution in [3.63, 3.8) is 0 Å². The van der Waals surface area contributed by atoms with E-state index in [0.29, 0.717) is 34.2 Å². The first-order valence-electron chi connectivity index (χ1n) is 10.00. The number of fused-ring (bicyclic) bond motifs is 1. The number of carbonyl (C=O) groups excluding carboxylic acids is 1. The fourth-order valence-corrected chi connectivity index (χ4v) is 3.46. The van der Waals surface area contributed by atoms with Gasteiger partial charge in [-0.1, -0.05) is 39.7 Å². The summed E-state index contributed by atoms with van der Waals surface area (Å²) in [4.78, 5) is 24.9. The Kier molecular flexibility index (Phi) is 7.49. The zero-order valence-corrected chi connectivity index (χ0v) is 19.7. The van der Waals surface area contributed by atoms with Crippen molar-refractivity contribution in [2.75, 3.05) is 16.0 Å². The standard InChI is InChI=1S/C24H19BrClN5O2/c25-10-3-5-23(32)30-16-6-8-21-19(12-16)24(29-15-28-21)31-17-7-9-22(20(26)13-17)33-14-18-4-1-2-11-27-18/h1-9,11-13,15H,10,14H2,(H,30,32)(H,28,29,31)/b5-3+. The Labute approximate surface area is 204 Å². The van der Waals surface area contributed by atoms with Crippen LogP contribution in [-0.2, 0) is 11.4 Å². The van der Waals surface area contributed by atoms with Gasteiger partial charge in [0.05, 0.1) is 16.2 Å². The summed E-state index contributed by atoms with van der Waals surface area (Å²) in [5, 5.41) is 7.92. The van der Waals surface area contributed by atoms with E-state index in [0.717, 1.165) is 22.3 Å². The number of ether oxygens (including phenoxy) is 1. The van der Waals surface area contributed by atoms with Crippen molar-refractivity contribution in [2.45, 2.75) is 6.61 Å². The quantitative estimate of drug-likeness (QED) is 0.221. The number of nitrogens with zero attached hydrogens (tertiary/aromatic N) is 3. The van der Waals surface area contributed by atoms with Gasteiger partial charge in [-0.25, -0.2) is 9.97 Å². The summed E-state index contributed by atoms with van der Waals surface area (Å²) in [5.41, 5.74) is 2.93. The van der Waals surface area contributed by atoms with Gasteiger partial charge in [-0.3, -0.25) is 9.78 Å². The SMILES string of the molecule is O=C(/C=C/CBr)Nc1ccc2ncnc(Nc3ccc(OCc4ccccn4)c(Cl)c3)c2c1. The fourth-order valence-electron chi connectivity index (χ4n) is 3.04. The van der Waals surface area contributed by atoms with Crippen molar-refractivity contribution < 1.29 is 9.53 Å². The second kappa shape index (κ2) is 10.9. The molecule has 2 aromatic heterocycles. The highest BCUT2D eigenvalue weighted by molar-refractivity contribution is 9.09. The number of halogens is 2. The molecule has 0 saturated heterocycles. The van der Waals surface area contributed by atoms with Gasteiger partial charge in [0.2, 0.25) is 5.91 Å². The summed E-state index contributed by atoms with van der Waals surface area (Å²) in [5.74, 6) is 0.931. The maximum absolute atomic E-state index is 12.0. The van der Waals surface area contributed by atoms with Gasteiger partial charge >= 0.3 is 0 Å². The summed E-state index contributed by atoms with van der Waals surface area (Å²) in [6.45, 7) is 0.323. The number of amides is 1. The third-order valence-electron chi connectivity index (χ3n) is 4.56. The first-order chi connectivity index (χ1) is 16.1. The van der Waals surface area contributed by atoms with E-state index in [1.165, 1.54) is 12.4 Å². The van der Waals surface area contributed by atoms with E-state index in [4.69, 9.17) is 16.3 Å². The van der Waals surface area contributed by atoms with E-state index in [1.807, 2.05) is 36.4 Å². The molecule has 0 aliphatic rings. The van der Waals surface area contributed by atoms with Crippen molar-refractivity contribution >= 4 is 61.5 Å². The van der Waals surface area contributed by atoms with Crippen LogP contribution in [0.1, 0.15) is 5.69 Å². The Morgan fingerprint density at radius 1 is 1.06 bits per heavy atom. The maximum Gasteiger partial charge on any atom is 0.248 e. The predicted molar refractivity (Wildman–Crippen MR) is 134 cm³/mol. The molecular weight excluding hydrogens is 506 g/mol. The van der Waals surface area contributed by atoms with E-state index in [9.17, 15) is 4.79 Å². The number of carbonyl (C=O) groups is 1. The normalized spacial score (nSPS) is 11.0. The average molecular weight is 525 g/mol. The van der Waals surface area contributed by atoms with Gasteiger partial charge < -0.3 is 15.4 Å². The van der Waals surface area contributed by atoms with Crippen LogP contribution in [-0.4, -0.2) is 26.2 Å². The maximum atomic E-state index is 12.0. The van der Waals surface area contributed by atoms with Gasteiger partial charge in [-0.15, -0.1) is 0 Å². The molecule has 0 fully saturated rings. The summed E-state index contributed by atoms with van der Waals surface area (Å²) in [6.07, 6.45) is 6.39. The van der Waals surface area contributed by atoms with Crippen molar-refractivity contribution in [2.24, 2.45) is 0 Å². The van der Waals surface area contributed by atoms with Crippen LogP contribution >= 0.6 is 27.5 Å². The van der Waals surface area contributed by atoms with Crippen LogP contribution in [0, 0.1) is 0 Å². The molecule has 4 aromatic rings. The van der Waals surface area contributed by atoms with Crippen molar-refractivity contribution in [3.8, 4) is 5.75 Å². The summed E-state index contributed by atoms with van der Waals surface area (Å²) >= 11 is 9.68. The molecule has 4 rings (SSSR count). The molecule has 0 spiro atoms. The zero-order chi connectivity index (χ0) is 23.0. The van der Waals surface area contributed by atoms with Crippen LogP contribution in [0.2, 0.25) is 5.02 Å². The number of alkyl halides is 1. The molecule has 0 radical (unpaired) electrons. The highest BCUT2D eigenvalue weighted by atomic mass is 79.9. The van der Waals surface area contributed by atoms with Crippen LogP contribution < -0.4 is 15.4 Å². The largest absolute Gasteiger partial charge is 0.486 e. The Morgan fingerprint density at radius 2 is 1.94 bits per heavy atom. The smallest absolute Gasteiger partial charge is 0.248 e. The van der Waals surface area contributed by atoms with Gasteiger partial charge in [0.1, 0.15) is 24.5 Å². The number of anilines is 3. The molecule has 0 aliphatic carbocycles. The number of allylic oxidation sites excluding steroid dienone is 1. The van der Waals surface area contributed by atoms with Crippen LogP contribution in [0.4, 0.5) is 17.2 Å². The van der Waals surface area contributed by atoms with E-state index >= 15 is 0 Å². The van der Waals surface area contributed by atoms with Crippen LogP contribution in [0.25, 0.3) is 10.9 Å². The summed E-state index contributed by atoms with van der Waals surface area (Å²) < 4.78 is 5.78. The molecule has 7 nitrogen and oxygen atoms in total. The minimum absolute atomic E-state index is 0.215. The van der Waals surface area contributed by atoms with Crippen molar-refractivity contribution in [3.05, 3.63) is 90.0 Å². The first-order valence-corrected chi connectivity index (χ1v) is 11.5. The van der Waals surface area contributed by atoms with Gasteiger partial charge in [0.15, 0.2) is 0 Å². The fraction of sp³-hybridized carbons (Fsp3) is 0.0833. The number of nitrogens with one attached hydrogen (secondary N) is 2. The first kappa shape index (κ1) is 22.7. The topological polar surface area (TPSA) is 89.0 Å². The van der Waals surface area contributed by atoms with Gasteiger partial charge in [-0.05, 0) is 48.5 Å². The minimum Gasteiger partial charge on any atom is -0.486 e. The second-order valence-corrected chi connectivity index (χ2v) is 7.93. The van der Waals surface area contributed by atoms with Crippen molar-refractivity contribution in [1.82, 2.24) is 15.0 Å². The molecule has 33 heavy (non-hydrogen) atoms. The zero-order valence-electron chi connectivity index (χ0n) is 17.3. The van der Waals surface area contributed by atoms with Gasteiger partial charge in [-0.2, -0.15) is 0 Å². The number of pyridine rings is 1. The molecule has 166 valence electrons. The van der Waals surface area contributed by atoms with E-state index in [2.05, 4.69) is 41.5 Å². The Hall–Kier alpha value is -3.49. The lowest BCUT2D eigenvalue weighted by Crippen LogP contribution is -2.08. The van der Waals surface area contributed by atoms with Crippen LogP contribution in [0.5, 0.6) is 5.75 Å². The summed E-state index contributed by atoms with van der Waals surface area (Å²) in [6, 6.07) is 16.5. The summed E-state index contributed by atoms with van der Waals surface area (Å²) in [7, 11) is 0. The molecule has 0 saturated carbocycles. The van der Waals surface area contributed by atoms with Crippen LogP contribution in [0.3, 0.4) is 0 Å². The molecule has 0 unspecified atom stereocenters. The molecule has 2 heterocycles. The van der Waals surface area contributed by atoms with Crippen molar-refractivity contribution in [1.29, 1.82) is 0 Å². The van der Waals surface area contributed by atoms with Gasteiger partial charge in [0, 0.05) is 34.4 Å². The number of rotatable bonds is 8. The third-order valence-corrected chi connectivity index (χ3v) is 5.23. The predicted octanol–water partition coefficient (Wildman–Crippen LogP) is 5.89. The highest BCUT2D eigenvalue weighted by Crippen LogP contribution is 2.31. The Balaban J connectivity index is 1.51. The lowest BCUT2D eigenvalue weighted by molar-refractivity contribution is -0.111. The molecule has 0 atom stereocenters. The van der Waals surface area contributed by atoms with E-state index in [1.54, 1.807) is 30.5 Å². The third kappa shape index (κ3) is 6.06. The monoisotopic (exact) mass is 523 g/mol. The lowest BCUT2D eigenvalue weighted by Gasteiger charge is -2.12.